The second kappa shape index (κ2) is 2.92. The van der Waals surface area contributed by atoms with Gasteiger partial charge in [0.1, 0.15) is 5.92 Å². The number of hydrogen-bond donors (Lipinski definition) is 0. The summed E-state index contributed by atoms with van der Waals surface area (Å²) in [6, 6.07) is 0.00713. The third-order valence-electron chi connectivity index (χ3n) is 6.11. The molecule has 0 aromatic heterocycles. The SMILES string of the molecule is CC1C(=O)N2[C@H]3C=C[C@H](N2C1=O)[C@]12C=C[C@]31CC=CC2. The summed E-state index contributed by atoms with van der Waals surface area (Å²) in [7, 11) is 0. The summed E-state index contributed by atoms with van der Waals surface area (Å²) in [6.07, 6.45) is 15.2. The van der Waals surface area contributed by atoms with Crippen molar-refractivity contribution < 1.29 is 9.59 Å². The van der Waals surface area contributed by atoms with Crippen molar-refractivity contribution in [1.29, 1.82) is 0 Å². The lowest BCUT2D eigenvalue weighted by atomic mass is 9.42. The Bertz CT molecular complexity index is 597. The van der Waals surface area contributed by atoms with Crippen LogP contribution in [0.5, 0.6) is 0 Å². The highest BCUT2D eigenvalue weighted by Gasteiger charge is 2.72. The Labute approximate surface area is 117 Å². The molecule has 0 saturated carbocycles. The van der Waals surface area contributed by atoms with Crippen LogP contribution in [0.2, 0.25) is 0 Å². The smallest absolute Gasteiger partial charge is 0.254 e. The van der Waals surface area contributed by atoms with Gasteiger partial charge in [-0.25, -0.2) is 10.0 Å². The second-order valence-electron chi connectivity index (χ2n) is 6.66. The molecule has 2 fully saturated rings. The Hall–Kier alpha value is -1.84. The van der Waals surface area contributed by atoms with Crippen LogP contribution in [0.15, 0.2) is 36.5 Å². The summed E-state index contributed by atoms with van der Waals surface area (Å²) in [6.45, 7) is 1.73. The monoisotopic (exact) mass is 268 g/mol. The van der Waals surface area contributed by atoms with Crippen LogP contribution >= 0.6 is 0 Å². The van der Waals surface area contributed by atoms with E-state index in [1.807, 2.05) is 0 Å². The molecule has 4 heteroatoms. The lowest BCUT2D eigenvalue weighted by Gasteiger charge is -2.70. The zero-order chi connectivity index (χ0) is 13.7. The normalized spacial score (nSPS) is 50.1. The van der Waals surface area contributed by atoms with E-state index in [1.54, 1.807) is 16.9 Å². The standard InChI is InChI=1S/C16H16N2O2/c1-10-13(19)17-11-4-5-12(18(17)14(10)20)16-7-3-2-6-15(11,16)8-9-16/h2-5,8-12H,6-7H2,1H3/t10?,11-,12-,15-,16+/m0/s1. The van der Waals surface area contributed by atoms with Gasteiger partial charge in [0.25, 0.3) is 11.8 Å². The molecule has 2 saturated heterocycles. The Morgan fingerprint density at radius 3 is 1.80 bits per heavy atom. The van der Waals surface area contributed by atoms with Crippen molar-refractivity contribution in [2.45, 2.75) is 31.8 Å². The second-order valence-corrected chi connectivity index (χ2v) is 6.66. The van der Waals surface area contributed by atoms with Crippen LogP contribution in [0.3, 0.4) is 0 Å². The summed E-state index contributed by atoms with van der Waals surface area (Å²) in [4.78, 5) is 24.9. The van der Waals surface area contributed by atoms with Crippen molar-refractivity contribution in [3.63, 3.8) is 0 Å². The first-order valence-electron chi connectivity index (χ1n) is 7.32. The minimum atomic E-state index is -0.528. The topological polar surface area (TPSA) is 40.6 Å². The molecule has 3 aliphatic heterocycles. The van der Waals surface area contributed by atoms with Gasteiger partial charge in [-0.1, -0.05) is 36.5 Å². The first-order chi connectivity index (χ1) is 9.62. The van der Waals surface area contributed by atoms with Crippen molar-refractivity contribution >= 4 is 11.8 Å². The lowest BCUT2D eigenvalue weighted by Crippen LogP contribution is -2.76. The van der Waals surface area contributed by atoms with Crippen molar-refractivity contribution in [2.75, 3.05) is 0 Å². The molecule has 1 unspecified atom stereocenters. The summed E-state index contributed by atoms with van der Waals surface area (Å²) >= 11 is 0. The van der Waals surface area contributed by atoms with E-state index in [-0.39, 0.29) is 34.7 Å². The van der Waals surface area contributed by atoms with Crippen molar-refractivity contribution in [3.05, 3.63) is 36.5 Å². The number of carbonyl (C=O) groups is 2. The Morgan fingerprint density at radius 2 is 1.40 bits per heavy atom. The first-order valence-corrected chi connectivity index (χ1v) is 7.32. The van der Waals surface area contributed by atoms with Crippen LogP contribution in [-0.4, -0.2) is 33.9 Å². The zero-order valence-corrected chi connectivity index (χ0v) is 11.3. The molecule has 20 heavy (non-hydrogen) atoms. The molecule has 2 amide bonds. The van der Waals surface area contributed by atoms with Crippen molar-refractivity contribution in [3.8, 4) is 0 Å². The van der Waals surface area contributed by atoms with Gasteiger partial charge in [-0.3, -0.25) is 9.59 Å². The molecule has 0 aromatic rings. The average Bonchev–Trinajstić information content (AvgIpc) is 2.67. The largest absolute Gasteiger partial charge is 0.272 e. The van der Waals surface area contributed by atoms with Gasteiger partial charge in [-0.15, -0.1) is 0 Å². The summed E-state index contributed by atoms with van der Waals surface area (Å²) in [5.41, 5.74) is 0.0231. The van der Waals surface area contributed by atoms with Crippen LogP contribution < -0.4 is 0 Å². The van der Waals surface area contributed by atoms with Crippen LogP contribution in [-0.2, 0) is 9.59 Å². The fraction of sp³-hybridized carbons (Fsp3) is 0.500. The van der Waals surface area contributed by atoms with Crippen LogP contribution in [0, 0.1) is 16.7 Å². The Kier molecular flexibility index (Phi) is 1.59. The molecule has 5 atom stereocenters. The number of amides is 2. The highest BCUT2D eigenvalue weighted by molar-refractivity contribution is 6.06. The first kappa shape index (κ1) is 10.9. The molecule has 0 radical (unpaired) electrons. The Balaban J connectivity index is 1.75. The number of carbonyl (C=O) groups excluding carboxylic acids is 2. The number of rotatable bonds is 0. The van der Waals surface area contributed by atoms with E-state index in [0.717, 1.165) is 12.8 Å². The van der Waals surface area contributed by atoms with Gasteiger partial charge in [-0.05, 0) is 19.8 Å². The molecule has 2 bridgehead atoms. The molecular formula is C16H16N2O2. The lowest BCUT2D eigenvalue weighted by molar-refractivity contribution is -0.203. The molecule has 3 heterocycles. The summed E-state index contributed by atoms with van der Waals surface area (Å²) in [5, 5.41) is 3.50. The molecule has 0 aromatic carbocycles. The van der Waals surface area contributed by atoms with Gasteiger partial charge in [0, 0.05) is 10.8 Å². The number of hydrogen-bond acceptors (Lipinski definition) is 2. The molecular weight excluding hydrogens is 252 g/mol. The average molecular weight is 268 g/mol. The quantitative estimate of drug-likeness (QED) is 0.492. The number of nitrogens with zero attached hydrogens (tertiary/aromatic N) is 2. The van der Waals surface area contributed by atoms with Crippen molar-refractivity contribution in [1.82, 2.24) is 10.0 Å². The minimum Gasteiger partial charge on any atom is -0.272 e. The summed E-state index contributed by atoms with van der Waals surface area (Å²) < 4.78 is 0. The molecule has 3 aliphatic carbocycles. The predicted octanol–water partition coefficient (Wildman–Crippen LogP) is 1.42. The van der Waals surface area contributed by atoms with Gasteiger partial charge in [0.2, 0.25) is 0 Å². The fourth-order valence-corrected chi connectivity index (χ4v) is 4.98. The number of hydrazine groups is 1. The maximum absolute atomic E-state index is 12.5. The van der Waals surface area contributed by atoms with Gasteiger partial charge in [0.15, 0.2) is 0 Å². The van der Waals surface area contributed by atoms with Gasteiger partial charge < -0.3 is 0 Å². The molecule has 0 spiro atoms. The highest BCUT2D eigenvalue weighted by atomic mass is 16.2. The minimum absolute atomic E-state index is 0.00356. The molecule has 4 nitrogen and oxygen atoms in total. The molecule has 6 rings (SSSR count). The third kappa shape index (κ3) is 0.799. The zero-order valence-electron chi connectivity index (χ0n) is 11.3. The number of allylic oxidation sites excluding steroid dienone is 2. The van der Waals surface area contributed by atoms with Crippen LogP contribution in [0.4, 0.5) is 0 Å². The van der Waals surface area contributed by atoms with Crippen LogP contribution in [0.25, 0.3) is 0 Å². The highest BCUT2D eigenvalue weighted by Crippen LogP contribution is 2.68. The third-order valence-corrected chi connectivity index (χ3v) is 6.11. The summed E-state index contributed by atoms with van der Waals surface area (Å²) in [5.74, 6) is -0.598. The Morgan fingerprint density at radius 1 is 0.950 bits per heavy atom. The fourth-order valence-electron chi connectivity index (χ4n) is 4.98. The molecule has 6 aliphatic rings. The van der Waals surface area contributed by atoms with Gasteiger partial charge in [0.05, 0.1) is 12.1 Å². The van der Waals surface area contributed by atoms with E-state index in [0.29, 0.717) is 0 Å². The van der Waals surface area contributed by atoms with E-state index >= 15 is 0 Å². The van der Waals surface area contributed by atoms with Gasteiger partial charge >= 0.3 is 0 Å². The van der Waals surface area contributed by atoms with E-state index < -0.39 is 5.92 Å². The molecule has 102 valence electrons. The van der Waals surface area contributed by atoms with E-state index in [1.165, 1.54) is 0 Å². The van der Waals surface area contributed by atoms with E-state index in [9.17, 15) is 9.59 Å². The maximum Gasteiger partial charge on any atom is 0.254 e. The molecule has 0 N–H and O–H groups in total. The predicted molar refractivity (Wildman–Crippen MR) is 72.0 cm³/mol. The van der Waals surface area contributed by atoms with Crippen LogP contribution in [0.1, 0.15) is 19.8 Å². The van der Waals surface area contributed by atoms with E-state index in [4.69, 9.17) is 0 Å². The maximum atomic E-state index is 12.5. The van der Waals surface area contributed by atoms with Crippen molar-refractivity contribution in [2.24, 2.45) is 16.7 Å². The van der Waals surface area contributed by atoms with Gasteiger partial charge in [-0.2, -0.15) is 0 Å². The van der Waals surface area contributed by atoms with E-state index in [2.05, 4.69) is 36.5 Å².